The molecule has 0 aromatic rings. The number of carbonyl (C=O) groups excluding carboxylic acids is 3. The molecule has 0 N–H and O–H groups in total. The van der Waals surface area contributed by atoms with Crippen LogP contribution in [-0.2, 0) is 25.7 Å². The molecule has 0 saturated heterocycles. The minimum Gasteiger partial charge on any atom is -0.550 e. The van der Waals surface area contributed by atoms with Crippen molar-refractivity contribution >= 4 is 33.1 Å². The Hall–Kier alpha value is -1.06. The van der Waals surface area contributed by atoms with E-state index in [1.165, 1.54) is 0 Å². The zero-order valence-corrected chi connectivity index (χ0v) is 27.3. The van der Waals surface area contributed by atoms with Gasteiger partial charge in [-0.05, 0) is 96.3 Å². The molecule has 6 nitrogen and oxygen atoms in total. The second-order valence-electron chi connectivity index (χ2n) is 13.0. The minimum atomic E-state index is -3.45. The van der Waals surface area contributed by atoms with E-state index >= 15 is 0 Å². The maximum atomic E-state index is 13.4. The molecule has 0 spiro atoms. The Labute approximate surface area is 233 Å². The van der Waals surface area contributed by atoms with Gasteiger partial charge >= 0.3 is 15.1 Å². The molecule has 0 heterocycles. The standard InChI is InChI=1S/3C10H20O2.Al/c3*1-5-10(4,9(11)12)7-6-8(2)3;/h3*8H,5-7H2,1-4H3,(H,11,12);/q;;;+3/p-3. The molecular formula is C30H57AlO6. The molecule has 0 aliphatic carbocycles. The Morgan fingerprint density at radius 2 is 0.757 bits per heavy atom. The summed E-state index contributed by atoms with van der Waals surface area (Å²) in [5, 5.41) is 0. The summed E-state index contributed by atoms with van der Waals surface area (Å²) in [6.07, 6.45) is 6.35. The maximum Gasteiger partial charge on any atom is 1.20 e. The third-order valence-corrected chi connectivity index (χ3v) is 9.47. The van der Waals surface area contributed by atoms with Gasteiger partial charge in [0.25, 0.3) is 17.9 Å². The molecule has 0 radical (unpaired) electrons. The Bertz CT molecular complexity index is 626. The normalized spacial score (nSPS) is 16.6. The lowest BCUT2D eigenvalue weighted by Crippen LogP contribution is -2.45. The second kappa shape index (κ2) is 16.1. The van der Waals surface area contributed by atoms with Crippen LogP contribution in [0.2, 0.25) is 0 Å². The van der Waals surface area contributed by atoms with Crippen LogP contribution in [0.4, 0.5) is 0 Å². The number of carbonyl (C=O) groups is 3. The minimum absolute atomic E-state index is 0.444. The van der Waals surface area contributed by atoms with Crippen molar-refractivity contribution < 1.29 is 25.7 Å². The van der Waals surface area contributed by atoms with E-state index in [0.717, 1.165) is 19.3 Å². The Morgan fingerprint density at radius 1 is 0.541 bits per heavy atom. The number of hydrogen-bond donors (Lipinski definition) is 0. The van der Waals surface area contributed by atoms with Gasteiger partial charge in [-0.3, -0.25) is 14.4 Å². The molecule has 216 valence electrons. The highest BCUT2D eigenvalue weighted by molar-refractivity contribution is 6.44. The quantitative estimate of drug-likeness (QED) is 0.163. The summed E-state index contributed by atoms with van der Waals surface area (Å²) in [4.78, 5) is 40.1. The molecule has 0 rings (SSSR count). The van der Waals surface area contributed by atoms with Crippen LogP contribution in [0.25, 0.3) is 0 Å². The van der Waals surface area contributed by atoms with Crippen LogP contribution in [0.1, 0.15) is 141 Å². The summed E-state index contributed by atoms with van der Waals surface area (Å²) < 4.78 is 17.5. The van der Waals surface area contributed by atoms with Gasteiger partial charge < -0.3 is 11.4 Å². The fourth-order valence-electron chi connectivity index (χ4n) is 3.85. The summed E-state index contributed by atoms with van der Waals surface area (Å²) in [5.41, 5.74) is -2.19. The highest BCUT2D eigenvalue weighted by atomic mass is 27.3. The lowest BCUT2D eigenvalue weighted by atomic mass is 9.81. The molecular weight excluding hydrogens is 483 g/mol. The molecule has 3 unspecified atom stereocenters. The predicted octanol–water partition coefficient (Wildman–Crippen LogP) is 8.16. The average Bonchev–Trinajstić information content (AvgIpc) is 2.83. The smallest absolute Gasteiger partial charge is 0.550 e. The van der Waals surface area contributed by atoms with Crippen molar-refractivity contribution in [3.8, 4) is 0 Å². The van der Waals surface area contributed by atoms with Crippen LogP contribution in [0.15, 0.2) is 0 Å². The first kappa shape index (κ1) is 35.9. The van der Waals surface area contributed by atoms with Crippen molar-refractivity contribution in [2.24, 2.45) is 34.0 Å². The highest BCUT2D eigenvalue weighted by Crippen LogP contribution is 2.35. The van der Waals surface area contributed by atoms with E-state index in [0.29, 0.717) is 56.3 Å². The molecule has 0 aromatic carbocycles. The van der Waals surface area contributed by atoms with Crippen LogP contribution >= 0.6 is 0 Å². The van der Waals surface area contributed by atoms with Gasteiger partial charge in [0.2, 0.25) is 0 Å². The predicted molar refractivity (Wildman–Crippen MR) is 151 cm³/mol. The molecule has 0 fully saturated rings. The summed E-state index contributed by atoms with van der Waals surface area (Å²) in [7, 11) is 0. The van der Waals surface area contributed by atoms with Gasteiger partial charge in [-0.2, -0.15) is 0 Å². The summed E-state index contributed by atoms with van der Waals surface area (Å²) in [6.45, 7) is 24.2. The first-order valence-corrected chi connectivity index (χ1v) is 16.0. The van der Waals surface area contributed by atoms with Crippen LogP contribution < -0.4 is 0 Å². The molecule has 0 aliphatic heterocycles. The highest BCUT2D eigenvalue weighted by Gasteiger charge is 2.55. The zero-order valence-electron chi connectivity index (χ0n) is 26.1. The molecule has 0 aliphatic rings. The van der Waals surface area contributed by atoms with Crippen molar-refractivity contribution in [3.63, 3.8) is 0 Å². The van der Waals surface area contributed by atoms with E-state index in [2.05, 4.69) is 41.5 Å². The van der Waals surface area contributed by atoms with Crippen LogP contribution in [0.3, 0.4) is 0 Å². The fraction of sp³-hybridized carbons (Fsp3) is 0.900. The lowest BCUT2D eigenvalue weighted by Gasteiger charge is -2.32. The molecule has 0 saturated carbocycles. The van der Waals surface area contributed by atoms with Crippen molar-refractivity contribution in [1.29, 1.82) is 0 Å². The first-order chi connectivity index (χ1) is 17.0. The molecule has 0 bridgehead atoms. The van der Waals surface area contributed by atoms with Gasteiger partial charge in [-0.25, -0.2) is 0 Å². The van der Waals surface area contributed by atoms with Crippen molar-refractivity contribution in [2.75, 3.05) is 0 Å². The topological polar surface area (TPSA) is 78.9 Å². The van der Waals surface area contributed by atoms with Crippen LogP contribution in [0, 0.1) is 34.0 Å². The molecule has 7 heteroatoms. The maximum absolute atomic E-state index is 13.4. The average molecular weight is 541 g/mol. The molecule has 0 amide bonds. The molecule has 0 aromatic heterocycles. The third kappa shape index (κ3) is 12.1. The summed E-state index contributed by atoms with van der Waals surface area (Å²) >= 11 is -3.45. The van der Waals surface area contributed by atoms with E-state index in [1.54, 1.807) is 0 Å². The lowest BCUT2D eigenvalue weighted by molar-refractivity contribution is -0.161. The molecule has 37 heavy (non-hydrogen) atoms. The SMILES string of the molecule is CCC(C)(CCC(C)C)C(=O)[O][Al]([O]C(=O)C(C)(CC)CCC(C)C)[O]C(=O)C(C)(CC)CCC(C)C. The van der Waals surface area contributed by atoms with E-state index in [-0.39, 0.29) is 0 Å². The van der Waals surface area contributed by atoms with E-state index in [1.807, 2.05) is 41.5 Å². The van der Waals surface area contributed by atoms with Gasteiger partial charge in [-0.15, -0.1) is 0 Å². The second-order valence-corrected chi connectivity index (χ2v) is 14.3. The van der Waals surface area contributed by atoms with E-state index in [4.69, 9.17) is 11.4 Å². The number of hydrogen-bond acceptors (Lipinski definition) is 6. The van der Waals surface area contributed by atoms with Crippen molar-refractivity contribution in [2.45, 2.75) is 141 Å². The van der Waals surface area contributed by atoms with Gasteiger partial charge in [-0.1, -0.05) is 62.3 Å². The monoisotopic (exact) mass is 540 g/mol. The van der Waals surface area contributed by atoms with Crippen molar-refractivity contribution in [1.82, 2.24) is 0 Å². The zero-order chi connectivity index (χ0) is 29.0. The Kier molecular flexibility index (Phi) is 15.7. The van der Waals surface area contributed by atoms with Gasteiger partial charge in [0.05, 0.1) is 16.2 Å². The van der Waals surface area contributed by atoms with Crippen LogP contribution in [-0.4, -0.2) is 33.1 Å². The van der Waals surface area contributed by atoms with Gasteiger partial charge in [0, 0.05) is 0 Å². The molecule has 3 atom stereocenters. The summed E-state index contributed by atoms with van der Waals surface area (Å²) in [6, 6.07) is 0. The van der Waals surface area contributed by atoms with Crippen LogP contribution in [0.5, 0.6) is 0 Å². The largest absolute Gasteiger partial charge is 1.20 e. The number of rotatable bonds is 18. The Morgan fingerprint density at radius 3 is 0.919 bits per heavy atom. The van der Waals surface area contributed by atoms with Gasteiger partial charge in [0.1, 0.15) is 0 Å². The van der Waals surface area contributed by atoms with Gasteiger partial charge in [0.15, 0.2) is 0 Å². The summed E-state index contributed by atoms with van der Waals surface area (Å²) in [5.74, 6) is -0.0181. The third-order valence-electron chi connectivity index (χ3n) is 8.25. The Balaban J connectivity index is 5.98. The van der Waals surface area contributed by atoms with E-state index < -0.39 is 49.3 Å². The fourth-order valence-corrected chi connectivity index (χ4v) is 5.37. The first-order valence-electron chi connectivity index (χ1n) is 14.6. The van der Waals surface area contributed by atoms with Crippen molar-refractivity contribution in [3.05, 3.63) is 0 Å². The van der Waals surface area contributed by atoms with E-state index in [9.17, 15) is 14.4 Å².